The molecule has 100 valence electrons. The molecule has 1 fully saturated rings. The second kappa shape index (κ2) is 5.68. The molecule has 1 unspecified atom stereocenters. The molecule has 0 aliphatic heterocycles. The molecule has 3 N–H and O–H groups in total. The number of aliphatic hydroxyl groups is 1. The Kier molecular flexibility index (Phi) is 4.41. The van der Waals surface area contributed by atoms with Crippen LogP contribution in [0.5, 0.6) is 0 Å². The van der Waals surface area contributed by atoms with Gasteiger partial charge in [-0.3, -0.25) is 0 Å². The Bertz CT molecular complexity index is 416. The summed E-state index contributed by atoms with van der Waals surface area (Å²) in [4.78, 5) is 0. The second-order valence-electron chi connectivity index (χ2n) is 5.42. The summed E-state index contributed by atoms with van der Waals surface area (Å²) >= 11 is 3.43. The maximum absolute atomic E-state index is 13.3. The van der Waals surface area contributed by atoms with Crippen LogP contribution in [-0.4, -0.2) is 18.3 Å². The Morgan fingerprint density at radius 1 is 1.44 bits per heavy atom. The summed E-state index contributed by atoms with van der Waals surface area (Å²) in [5, 5.41) is 9.69. The number of nitrogens with two attached hydrogens (primary N) is 1. The maximum atomic E-state index is 13.3. The molecule has 1 saturated carbocycles. The van der Waals surface area contributed by atoms with Gasteiger partial charge in [0.15, 0.2) is 0 Å². The summed E-state index contributed by atoms with van der Waals surface area (Å²) in [5.41, 5.74) is 6.44. The third kappa shape index (κ3) is 3.31. The predicted molar refractivity (Wildman–Crippen MR) is 73.7 cm³/mol. The fourth-order valence-corrected chi connectivity index (χ4v) is 2.82. The predicted octanol–water partition coefficient (Wildman–Crippen LogP) is 2.87. The summed E-state index contributed by atoms with van der Waals surface area (Å²) in [6, 6.07) is 4.66. The summed E-state index contributed by atoms with van der Waals surface area (Å²) in [5.74, 6) is 0.441. The van der Waals surface area contributed by atoms with Crippen LogP contribution in [0, 0.1) is 17.2 Å². The molecule has 1 aromatic rings. The molecule has 0 saturated heterocycles. The number of aliphatic hydroxyl groups excluding tert-OH is 1. The van der Waals surface area contributed by atoms with E-state index in [1.807, 2.05) is 0 Å². The molecule has 1 aromatic carbocycles. The standard InChI is InChI=1S/C14H19BrFNO/c15-13-4-3-12(16)5-11(13)7-14(8-17,9-18)6-10-1-2-10/h3-5,10,18H,1-2,6-9,17H2. The van der Waals surface area contributed by atoms with Crippen molar-refractivity contribution in [2.75, 3.05) is 13.2 Å². The average molecular weight is 316 g/mol. The van der Waals surface area contributed by atoms with Crippen molar-refractivity contribution in [3.63, 3.8) is 0 Å². The molecule has 2 rings (SSSR count). The Morgan fingerprint density at radius 2 is 2.17 bits per heavy atom. The highest BCUT2D eigenvalue weighted by Crippen LogP contribution is 2.42. The van der Waals surface area contributed by atoms with Crippen LogP contribution in [0.4, 0.5) is 4.39 Å². The summed E-state index contributed by atoms with van der Waals surface area (Å²) < 4.78 is 14.2. The van der Waals surface area contributed by atoms with Gasteiger partial charge in [-0.1, -0.05) is 28.8 Å². The topological polar surface area (TPSA) is 46.2 Å². The van der Waals surface area contributed by atoms with E-state index in [2.05, 4.69) is 15.9 Å². The van der Waals surface area contributed by atoms with E-state index in [1.165, 1.54) is 25.0 Å². The van der Waals surface area contributed by atoms with Gasteiger partial charge in [0.05, 0.1) is 6.61 Å². The highest BCUT2D eigenvalue weighted by molar-refractivity contribution is 9.10. The molecule has 0 heterocycles. The van der Waals surface area contributed by atoms with Gasteiger partial charge in [0.2, 0.25) is 0 Å². The van der Waals surface area contributed by atoms with Gasteiger partial charge in [0.25, 0.3) is 0 Å². The van der Waals surface area contributed by atoms with Crippen LogP contribution >= 0.6 is 15.9 Å². The van der Waals surface area contributed by atoms with Crippen molar-refractivity contribution in [1.82, 2.24) is 0 Å². The van der Waals surface area contributed by atoms with E-state index in [0.717, 1.165) is 16.5 Å². The van der Waals surface area contributed by atoms with Crippen LogP contribution in [0.15, 0.2) is 22.7 Å². The minimum atomic E-state index is -0.308. The number of benzene rings is 1. The quantitative estimate of drug-likeness (QED) is 0.848. The molecule has 0 amide bonds. The zero-order chi connectivity index (χ0) is 13.2. The van der Waals surface area contributed by atoms with Gasteiger partial charge in [-0.2, -0.15) is 0 Å². The molecule has 1 aliphatic carbocycles. The molecule has 0 aromatic heterocycles. The van der Waals surface area contributed by atoms with E-state index >= 15 is 0 Å². The average Bonchev–Trinajstić information content (AvgIpc) is 3.16. The highest BCUT2D eigenvalue weighted by atomic mass is 79.9. The van der Waals surface area contributed by atoms with Gasteiger partial charge in [-0.05, 0) is 42.5 Å². The first-order valence-electron chi connectivity index (χ1n) is 6.33. The molecule has 0 radical (unpaired) electrons. The lowest BCUT2D eigenvalue weighted by Crippen LogP contribution is -2.37. The van der Waals surface area contributed by atoms with Crippen molar-refractivity contribution in [1.29, 1.82) is 0 Å². The normalized spacial score (nSPS) is 18.7. The first-order chi connectivity index (χ1) is 8.58. The Labute approximate surface area is 116 Å². The monoisotopic (exact) mass is 315 g/mol. The van der Waals surface area contributed by atoms with Gasteiger partial charge in [0, 0.05) is 16.4 Å². The lowest BCUT2D eigenvalue weighted by atomic mass is 9.78. The Hall–Kier alpha value is -0.450. The number of rotatable bonds is 6. The van der Waals surface area contributed by atoms with Crippen LogP contribution in [0.2, 0.25) is 0 Å². The molecule has 0 bridgehead atoms. The van der Waals surface area contributed by atoms with Crippen molar-refractivity contribution in [2.24, 2.45) is 17.1 Å². The number of halogens is 2. The number of hydrogen-bond acceptors (Lipinski definition) is 2. The van der Waals surface area contributed by atoms with Crippen molar-refractivity contribution in [3.8, 4) is 0 Å². The first kappa shape index (κ1) is 14.0. The smallest absolute Gasteiger partial charge is 0.123 e. The zero-order valence-corrected chi connectivity index (χ0v) is 11.9. The molecule has 0 spiro atoms. The molecule has 1 atom stereocenters. The van der Waals surface area contributed by atoms with Crippen LogP contribution in [0.25, 0.3) is 0 Å². The lowest BCUT2D eigenvalue weighted by molar-refractivity contribution is 0.115. The molecular weight excluding hydrogens is 297 g/mol. The van der Waals surface area contributed by atoms with E-state index in [4.69, 9.17) is 5.73 Å². The van der Waals surface area contributed by atoms with Crippen LogP contribution in [0.3, 0.4) is 0 Å². The summed E-state index contributed by atoms with van der Waals surface area (Å²) in [6.07, 6.45) is 4.01. The minimum Gasteiger partial charge on any atom is -0.396 e. The SMILES string of the molecule is NCC(CO)(Cc1cc(F)ccc1Br)CC1CC1. The highest BCUT2D eigenvalue weighted by Gasteiger charge is 2.36. The van der Waals surface area contributed by atoms with Crippen molar-refractivity contribution in [3.05, 3.63) is 34.1 Å². The molecule has 18 heavy (non-hydrogen) atoms. The van der Waals surface area contributed by atoms with Crippen LogP contribution < -0.4 is 5.73 Å². The van der Waals surface area contributed by atoms with E-state index in [0.29, 0.717) is 18.9 Å². The number of hydrogen-bond donors (Lipinski definition) is 2. The van der Waals surface area contributed by atoms with E-state index in [-0.39, 0.29) is 17.8 Å². The van der Waals surface area contributed by atoms with Gasteiger partial charge < -0.3 is 10.8 Å². The largest absolute Gasteiger partial charge is 0.396 e. The molecule has 1 aliphatic rings. The third-order valence-corrected chi connectivity index (χ3v) is 4.53. The first-order valence-corrected chi connectivity index (χ1v) is 7.13. The van der Waals surface area contributed by atoms with Gasteiger partial charge in [-0.15, -0.1) is 0 Å². The van der Waals surface area contributed by atoms with E-state index in [1.54, 1.807) is 6.07 Å². The molecular formula is C14H19BrFNO. The summed E-state index contributed by atoms with van der Waals surface area (Å²) in [7, 11) is 0. The zero-order valence-electron chi connectivity index (χ0n) is 10.3. The van der Waals surface area contributed by atoms with E-state index < -0.39 is 0 Å². The van der Waals surface area contributed by atoms with Crippen LogP contribution in [-0.2, 0) is 6.42 Å². The van der Waals surface area contributed by atoms with Crippen molar-refractivity contribution >= 4 is 15.9 Å². The Morgan fingerprint density at radius 3 is 2.72 bits per heavy atom. The maximum Gasteiger partial charge on any atom is 0.123 e. The third-order valence-electron chi connectivity index (χ3n) is 3.76. The van der Waals surface area contributed by atoms with Crippen molar-refractivity contribution in [2.45, 2.75) is 25.7 Å². The van der Waals surface area contributed by atoms with Gasteiger partial charge >= 0.3 is 0 Å². The summed E-state index contributed by atoms with van der Waals surface area (Å²) in [6.45, 7) is 0.492. The second-order valence-corrected chi connectivity index (χ2v) is 6.28. The Balaban J connectivity index is 2.18. The minimum absolute atomic E-state index is 0.0585. The lowest BCUT2D eigenvalue weighted by Gasteiger charge is -2.31. The van der Waals surface area contributed by atoms with Gasteiger partial charge in [0.1, 0.15) is 5.82 Å². The molecule has 4 heteroatoms. The van der Waals surface area contributed by atoms with Crippen molar-refractivity contribution < 1.29 is 9.50 Å². The van der Waals surface area contributed by atoms with Gasteiger partial charge in [-0.25, -0.2) is 4.39 Å². The van der Waals surface area contributed by atoms with Crippen LogP contribution in [0.1, 0.15) is 24.8 Å². The van der Waals surface area contributed by atoms with E-state index in [9.17, 15) is 9.50 Å². The molecule has 2 nitrogen and oxygen atoms in total. The fraction of sp³-hybridized carbons (Fsp3) is 0.571. The fourth-order valence-electron chi connectivity index (χ4n) is 2.43.